The van der Waals surface area contributed by atoms with E-state index in [-0.39, 0.29) is 24.3 Å². The van der Waals surface area contributed by atoms with E-state index >= 15 is 0 Å². The van der Waals surface area contributed by atoms with E-state index < -0.39 is 6.04 Å². The van der Waals surface area contributed by atoms with Gasteiger partial charge in [-0.1, -0.05) is 61.5 Å². The van der Waals surface area contributed by atoms with Gasteiger partial charge in [-0.05, 0) is 54.3 Å². The number of carbonyl (C=O) groups excluding carboxylic acids is 3. The summed E-state index contributed by atoms with van der Waals surface area (Å²) >= 11 is 0. The molecule has 0 bridgehead atoms. The van der Waals surface area contributed by atoms with E-state index in [9.17, 15) is 14.4 Å². The summed E-state index contributed by atoms with van der Waals surface area (Å²) in [7, 11) is 0. The molecule has 3 amide bonds. The Morgan fingerprint density at radius 1 is 0.921 bits per heavy atom. The number of nitrogens with one attached hydrogen (secondary N) is 2. The first kappa shape index (κ1) is 26.5. The standard InChI is InChI=1S/C29H32N6O3/c1-20(2)17-18-30-29(38)28(22-9-5-4-6-10-22)35(24-15-13-23(14-16-24)31-21(3)36)27(37)19-34-26-12-8-7-11-25(26)32-33-34/h4-16,20,28H,17-19H2,1-3H3,(H,30,38)(H,31,36)/t28-/m1/s1. The van der Waals surface area contributed by atoms with Crippen LogP contribution in [-0.2, 0) is 20.9 Å². The lowest BCUT2D eigenvalue weighted by Crippen LogP contribution is -2.45. The van der Waals surface area contributed by atoms with Crippen LogP contribution in [0.4, 0.5) is 11.4 Å². The van der Waals surface area contributed by atoms with E-state index in [2.05, 4.69) is 34.8 Å². The molecular weight excluding hydrogens is 480 g/mol. The first-order valence-electron chi connectivity index (χ1n) is 12.6. The van der Waals surface area contributed by atoms with Gasteiger partial charge in [0, 0.05) is 24.8 Å². The predicted octanol–water partition coefficient (Wildman–Crippen LogP) is 4.33. The maximum atomic E-state index is 14.0. The molecule has 0 fully saturated rings. The van der Waals surface area contributed by atoms with Crippen LogP contribution in [0.1, 0.15) is 38.8 Å². The van der Waals surface area contributed by atoms with Gasteiger partial charge in [0.25, 0.3) is 0 Å². The summed E-state index contributed by atoms with van der Waals surface area (Å²) < 4.78 is 1.54. The van der Waals surface area contributed by atoms with Crippen molar-refractivity contribution in [3.63, 3.8) is 0 Å². The van der Waals surface area contributed by atoms with Crippen LogP contribution < -0.4 is 15.5 Å². The zero-order valence-corrected chi connectivity index (χ0v) is 21.8. The molecule has 0 saturated carbocycles. The molecule has 38 heavy (non-hydrogen) atoms. The second-order valence-electron chi connectivity index (χ2n) is 9.51. The van der Waals surface area contributed by atoms with Gasteiger partial charge in [-0.3, -0.25) is 19.3 Å². The first-order valence-corrected chi connectivity index (χ1v) is 12.6. The SMILES string of the molecule is CC(=O)Nc1ccc(N(C(=O)Cn2nnc3ccccc32)[C@@H](C(=O)NCCC(C)C)c2ccccc2)cc1. The number of para-hydroxylation sites is 1. The molecule has 1 atom stereocenters. The van der Waals surface area contributed by atoms with Crippen molar-refractivity contribution in [3.8, 4) is 0 Å². The van der Waals surface area contributed by atoms with Gasteiger partial charge in [0.05, 0.1) is 5.52 Å². The third kappa shape index (κ3) is 6.42. The highest BCUT2D eigenvalue weighted by molar-refractivity contribution is 6.02. The molecule has 0 aliphatic carbocycles. The van der Waals surface area contributed by atoms with Crippen molar-refractivity contribution in [2.75, 3.05) is 16.8 Å². The van der Waals surface area contributed by atoms with Gasteiger partial charge in [0.2, 0.25) is 17.7 Å². The van der Waals surface area contributed by atoms with E-state index in [1.807, 2.05) is 54.6 Å². The average Bonchev–Trinajstić information content (AvgIpc) is 3.30. The second-order valence-corrected chi connectivity index (χ2v) is 9.51. The number of aromatic nitrogens is 3. The van der Waals surface area contributed by atoms with Crippen LogP contribution in [-0.4, -0.2) is 39.3 Å². The number of hydrogen-bond donors (Lipinski definition) is 2. The van der Waals surface area contributed by atoms with Gasteiger partial charge >= 0.3 is 0 Å². The Morgan fingerprint density at radius 2 is 1.61 bits per heavy atom. The van der Waals surface area contributed by atoms with Gasteiger partial charge in [-0.2, -0.15) is 0 Å². The number of benzene rings is 3. The van der Waals surface area contributed by atoms with Crippen LogP contribution in [0.25, 0.3) is 11.0 Å². The van der Waals surface area contributed by atoms with Crippen molar-refractivity contribution in [3.05, 3.63) is 84.4 Å². The monoisotopic (exact) mass is 512 g/mol. The van der Waals surface area contributed by atoms with Gasteiger partial charge in [-0.25, -0.2) is 4.68 Å². The molecule has 0 saturated heterocycles. The van der Waals surface area contributed by atoms with Crippen LogP contribution >= 0.6 is 0 Å². The van der Waals surface area contributed by atoms with Crippen molar-refractivity contribution >= 4 is 40.1 Å². The number of nitrogens with zero attached hydrogens (tertiary/aromatic N) is 4. The molecule has 1 aromatic heterocycles. The van der Waals surface area contributed by atoms with Crippen LogP contribution in [0.2, 0.25) is 0 Å². The largest absolute Gasteiger partial charge is 0.354 e. The van der Waals surface area contributed by atoms with E-state index in [0.717, 1.165) is 11.9 Å². The molecule has 0 spiro atoms. The van der Waals surface area contributed by atoms with Crippen molar-refractivity contribution in [1.82, 2.24) is 20.3 Å². The topological polar surface area (TPSA) is 109 Å². The number of hydrogen-bond acceptors (Lipinski definition) is 5. The summed E-state index contributed by atoms with van der Waals surface area (Å²) in [5.41, 5.74) is 3.18. The minimum atomic E-state index is -0.919. The molecule has 4 rings (SSSR count). The highest BCUT2D eigenvalue weighted by atomic mass is 16.2. The Morgan fingerprint density at radius 3 is 2.29 bits per heavy atom. The Labute approximate surface area is 221 Å². The summed E-state index contributed by atoms with van der Waals surface area (Å²) in [4.78, 5) is 40.7. The molecule has 3 aromatic carbocycles. The fourth-order valence-electron chi connectivity index (χ4n) is 4.22. The van der Waals surface area contributed by atoms with Crippen LogP contribution in [0.15, 0.2) is 78.9 Å². The molecule has 2 N–H and O–H groups in total. The van der Waals surface area contributed by atoms with Gasteiger partial charge in [0.1, 0.15) is 18.1 Å². The molecular formula is C29H32N6O3. The zero-order chi connectivity index (χ0) is 27.1. The van der Waals surface area contributed by atoms with Crippen molar-refractivity contribution < 1.29 is 14.4 Å². The van der Waals surface area contributed by atoms with Crippen LogP contribution in [0.5, 0.6) is 0 Å². The number of carbonyl (C=O) groups is 3. The summed E-state index contributed by atoms with van der Waals surface area (Å²) in [6, 6.07) is 22.6. The van der Waals surface area contributed by atoms with E-state index in [1.54, 1.807) is 24.3 Å². The third-order valence-electron chi connectivity index (χ3n) is 6.08. The molecule has 0 unspecified atom stereocenters. The van der Waals surface area contributed by atoms with Crippen molar-refractivity contribution in [2.24, 2.45) is 5.92 Å². The molecule has 0 aliphatic rings. The Bertz CT molecular complexity index is 1400. The number of rotatable bonds is 10. The number of fused-ring (bicyclic) bond motifs is 1. The fraction of sp³-hybridized carbons (Fsp3) is 0.276. The quantitative estimate of drug-likeness (QED) is 0.329. The Kier molecular flexibility index (Phi) is 8.47. The lowest BCUT2D eigenvalue weighted by Gasteiger charge is -2.32. The van der Waals surface area contributed by atoms with Crippen molar-refractivity contribution in [2.45, 2.75) is 39.8 Å². The van der Waals surface area contributed by atoms with Gasteiger partial charge < -0.3 is 10.6 Å². The molecule has 4 aromatic rings. The summed E-state index contributed by atoms with van der Waals surface area (Å²) in [6.07, 6.45) is 0.817. The maximum absolute atomic E-state index is 14.0. The molecule has 0 aliphatic heterocycles. The van der Waals surface area contributed by atoms with Gasteiger partial charge in [0.15, 0.2) is 0 Å². The van der Waals surface area contributed by atoms with E-state index in [1.165, 1.54) is 16.5 Å². The van der Waals surface area contributed by atoms with E-state index in [0.29, 0.717) is 34.9 Å². The normalized spacial score (nSPS) is 11.8. The molecule has 196 valence electrons. The number of amides is 3. The second kappa shape index (κ2) is 12.1. The molecule has 9 heteroatoms. The zero-order valence-electron chi connectivity index (χ0n) is 21.8. The molecule has 0 radical (unpaired) electrons. The minimum Gasteiger partial charge on any atom is -0.354 e. The van der Waals surface area contributed by atoms with Crippen molar-refractivity contribution in [1.29, 1.82) is 0 Å². The lowest BCUT2D eigenvalue weighted by atomic mass is 10.0. The Balaban J connectivity index is 1.74. The summed E-state index contributed by atoms with van der Waals surface area (Å²) in [6.45, 7) is 6.00. The van der Waals surface area contributed by atoms with E-state index in [4.69, 9.17) is 0 Å². The highest BCUT2D eigenvalue weighted by Gasteiger charge is 2.33. The Hall–Kier alpha value is -4.53. The maximum Gasteiger partial charge on any atom is 0.249 e. The molecule has 9 nitrogen and oxygen atoms in total. The summed E-state index contributed by atoms with van der Waals surface area (Å²) in [5.74, 6) is -0.388. The molecule has 1 heterocycles. The van der Waals surface area contributed by atoms with Crippen LogP contribution in [0, 0.1) is 5.92 Å². The predicted molar refractivity (Wildman–Crippen MR) is 147 cm³/mol. The van der Waals surface area contributed by atoms with Gasteiger partial charge in [-0.15, -0.1) is 5.10 Å². The smallest absolute Gasteiger partial charge is 0.249 e. The lowest BCUT2D eigenvalue weighted by molar-refractivity contribution is -0.127. The first-order chi connectivity index (χ1) is 18.3. The minimum absolute atomic E-state index is 0.115. The highest BCUT2D eigenvalue weighted by Crippen LogP contribution is 2.30. The third-order valence-corrected chi connectivity index (χ3v) is 6.08. The summed E-state index contributed by atoms with van der Waals surface area (Å²) in [5, 5.41) is 14.1. The van der Waals surface area contributed by atoms with Crippen LogP contribution in [0.3, 0.4) is 0 Å². The number of anilines is 2. The average molecular weight is 513 g/mol. The fourth-order valence-corrected chi connectivity index (χ4v) is 4.22.